The van der Waals surface area contributed by atoms with Crippen LogP contribution in [0.25, 0.3) is 0 Å². The monoisotopic (exact) mass is 274 g/mol. The van der Waals surface area contributed by atoms with Crippen LogP contribution < -0.4 is 10.9 Å². The summed E-state index contributed by atoms with van der Waals surface area (Å²) in [5.41, 5.74) is 0.552. The number of aromatic nitrogens is 1. The first-order valence-electron chi connectivity index (χ1n) is 5.78. The van der Waals surface area contributed by atoms with Gasteiger partial charge in [-0.3, -0.25) is 9.59 Å². The van der Waals surface area contributed by atoms with E-state index in [0.717, 1.165) is 10.6 Å². The van der Waals surface area contributed by atoms with Crippen molar-refractivity contribution in [1.29, 1.82) is 0 Å². The van der Waals surface area contributed by atoms with Gasteiger partial charge in [-0.2, -0.15) is 0 Å². The standard InChI is InChI=1S/C14H14N2O2S/c1-19-12-6-4-5-11(9-12)15-13(17)10-16-8-3-2-7-14(16)18/h2-9H,10H2,1H3,(H,15,17). The first kappa shape index (κ1) is 13.4. The third-order valence-corrected chi connectivity index (χ3v) is 3.29. The van der Waals surface area contributed by atoms with Crippen LogP contribution in [-0.2, 0) is 11.3 Å². The average molecular weight is 274 g/mol. The molecule has 0 saturated heterocycles. The lowest BCUT2D eigenvalue weighted by Crippen LogP contribution is -2.26. The number of nitrogens with zero attached hydrogens (tertiary/aromatic N) is 1. The van der Waals surface area contributed by atoms with E-state index in [0.29, 0.717) is 0 Å². The number of nitrogens with one attached hydrogen (secondary N) is 1. The van der Waals surface area contributed by atoms with Crippen LogP contribution in [0, 0.1) is 0 Å². The lowest BCUT2D eigenvalue weighted by molar-refractivity contribution is -0.116. The van der Waals surface area contributed by atoms with Gasteiger partial charge in [-0.25, -0.2) is 0 Å². The number of anilines is 1. The molecule has 98 valence electrons. The minimum atomic E-state index is -0.216. The van der Waals surface area contributed by atoms with E-state index >= 15 is 0 Å². The molecule has 0 aliphatic rings. The quantitative estimate of drug-likeness (QED) is 0.870. The van der Waals surface area contributed by atoms with E-state index in [1.807, 2.05) is 30.5 Å². The minimum absolute atomic E-state index is 0.0170. The van der Waals surface area contributed by atoms with Crippen molar-refractivity contribution >= 4 is 23.4 Å². The number of thioether (sulfide) groups is 1. The summed E-state index contributed by atoms with van der Waals surface area (Å²) in [5.74, 6) is -0.216. The largest absolute Gasteiger partial charge is 0.324 e. The molecule has 0 spiro atoms. The van der Waals surface area contributed by atoms with Crippen LogP contribution in [0.3, 0.4) is 0 Å². The van der Waals surface area contributed by atoms with Crippen molar-refractivity contribution < 1.29 is 4.79 Å². The van der Waals surface area contributed by atoms with Crippen LogP contribution in [0.2, 0.25) is 0 Å². The molecule has 0 bridgehead atoms. The molecule has 2 rings (SSSR count). The van der Waals surface area contributed by atoms with E-state index in [2.05, 4.69) is 5.32 Å². The highest BCUT2D eigenvalue weighted by Gasteiger charge is 2.04. The molecule has 0 unspecified atom stereocenters. The van der Waals surface area contributed by atoms with Crippen molar-refractivity contribution in [3.63, 3.8) is 0 Å². The van der Waals surface area contributed by atoms with Crippen LogP contribution in [0.5, 0.6) is 0 Å². The second kappa shape index (κ2) is 6.24. The molecule has 0 aliphatic carbocycles. The Morgan fingerprint density at radius 3 is 2.84 bits per heavy atom. The topological polar surface area (TPSA) is 51.1 Å². The highest BCUT2D eigenvalue weighted by molar-refractivity contribution is 7.98. The second-order valence-electron chi connectivity index (χ2n) is 3.95. The van der Waals surface area contributed by atoms with Gasteiger partial charge in [-0.05, 0) is 30.5 Å². The predicted octanol–water partition coefficient (Wildman–Crippen LogP) is 2.21. The van der Waals surface area contributed by atoms with E-state index in [1.165, 1.54) is 10.6 Å². The van der Waals surface area contributed by atoms with E-state index in [-0.39, 0.29) is 18.0 Å². The molecular formula is C14H14N2O2S. The Hall–Kier alpha value is -2.01. The molecule has 0 saturated carbocycles. The number of rotatable bonds is 4. The van der Waals surface area contributed by atoms with Gasteiger partial charge in [-0.15, -0.1) is 11.8 Å². The van der Waals surface area contributed by atoms with Crippen molar-refractivity contribution in [3.05, 3.63) is 59.0 Å². The summed E-state index contributed by atoms with van der Waals surface area (Å²) in [4.78, 5) is 24.4. The molecule has 2 aromatic rings. The average Bonchev–Trinajstić information content (AvgIpc) is 2.41. The van der Waals surface area contributed by atoms with Gasteiger partial charge in [0.15, 0.2) is 0 Å². The fourth-order valence-electron chi connectivity index (χ4n) is 1.65. The van der Waals surface area contributed by atoms with Crippen LogP contribution in [0.4, 0.5) is 5.69 Å². The molecule has 4 nitrogen and oxygen atoms in total. The normalized spacial score (nSPS) is 10.2. The van der Waals surface area contributed by atoms with Crippen molar-refractivity contribution in [3.8, 4) is 0 Å². The van der Waals surface area contributed by atoms with E-state index in [4.69, 9.17) is 0 Å². The number of hydrogen-bond donors (Lipinski definition) is 1. The number of benzene rings is 1. The Balaban J connectivity index is 2.05. The van der Waals surface area contributed by atoms with Gasteiger partial charge in [0.2, 0.25) is 5.91 Å². The molecular weight excluding hydrogens is 260 g/mol. The van der Waals surface area contributed by atoms with Crippen molar-refractivity contribution in [2.24, 2.45) is 0 Å². The second-order valence-corrected chi connectivity index (χ2v) is 4.83. The third-order valence-electron chi connectivity index (χ3n) is 2.57. The molecule has 1 aromatic carbocycles. The molecule has 1 N–H and O–H groups in total. The maximum atomic E-state index is 11.9. The molecule has 1 amide bonds. The summed E-state index contributed by atoms with van der Waals surface area (Å²) >= 11 is 1.61. The highest BCUT2D eigenvalue weighted by atomic mass is 32.2. The van der Waals surface area contributed by atoms with Gasteiger partial charge in [0, 0.05) is 22.8 Å². The number of amides is 1. The summed E-state index contributed by atoms with van der Waals surface area (Å²) in [5, 5.41) is 2.78. The van der Waals surface area contributed by atoms with Crippen molar-refractivity contribution in [2.75, 3.05) is 11.6 Å². The van der Waals surface area contributed by atoms with Gasteiger partial charge in [0.25, 0.3) is 5.56 Å². The molecule has 19 heavy (non-hydrogen) atoms. The maximum absolute atomic E-state index is 11.9. The van der Waals surface area contributed by atoms with Crippen molar-refractivity contribution in [2.45, 2.75) is 11.4 Å². The molecule has 5 heteroatoms. The predicted molar refractivity (Wildman–Crippen MR) is 77.6 cm³/mol. The fraction of sp³-hybridized carbons (Fsp3) is 0.143. The lowest BCUT2D eigenvalue weighted by Gasteiger charge is -2.08. The summed E-state index contributed by atoms with van der Waals surface area (Å²) in [6, 6.07) is 12.4. The smallest absolute Gasteiger partial charge is 0.250 e. The molecule has 0 fully saturated rings. The molecule has 1 heterocycles. The fourth-order valence-corrected chi connectivity index (χ4v) is 2.11. The lowest BCUT2D eigenvalue weighted by atomic mass is 10.3. The third kappa shape index (κ3) is 3.72. The number of pyridine rings is 1. The highest BCUT2D eigenvalue weighted by Crippen LogP contribution is 2.18. The van der Waals surface area contributed by atoms with Crippen LogP contribution in [0.15, 0.2) is 58.4 Å². The zero-order valence-corrected chi connectivity index (χ0v) is 11.3. The van der Waals surface area contributed by atoms with Gasteiger partial charge in [0.1, 0.15) is 6.54 Å². The van der Waals surface area contributed by atoms with Gasteiger partial charge >= 0.3 is 0 Å². The van der Waals surface area contributed by atoms with Crippen molar-refractivity contribution in [1.82, 2.24) is 4.57 Å². The van der Waals surface area contributed by atoms with Gasteiger partial charge in [0.05, 0.1) is 0 Å². The summed E-state index contributed by atoms with van der Waals surface area (Å²) in [6.45, 7) is 0.0170. The molecule has 0 aliphatic heterocycles. The summed E-state index contributed by atoms with van der Waals surface area (Å²) < 4.78 is 1.37. The summed E-state index contributed by atoms with van der Waals surface area (Å²) in [7, 11) is 0. The first-order chi connectivity index (χ1) is 9.19. The zero-order valence-electron chi connectivity index (χ0n) is 10.5. The van der Waals surface area contributed by atoms with Crippen LogP contribution >= 0.6 is 11.8 Å². The Bertz CT molecular complexity index is 637. The zero-order chi connectivity index (χ0) is 13.7. The van der Waals surface area contributed by atoms with E-state index in [1.54, 1.807) is 30.1 Å². The Morgan fingerprint density at radius 1 is 1.26 bits per heavy atom. The SMILES string of the molecule is CSc1cccc(NC(=O)Cn2ccccc2=O)c1. The van der Waals surface area contributed by atoms with Gasteiger partial charge < -0.3 is 9.88 Å². The molecule has 0 radical (unpaired) electrons. The van der Waals surface area contributed by atoms with Crippen LogP contribution in [0.1, 0.15) is 0 Å². The molecule has 0 atom stereocenters. The Morgan fingerprint density at radius 2 is 2.11 bits per heavy atom. The number of carbonyl (C=O) groups excluding carboxylic acids is 1. The van der Waals surface area contributed by atoms with E-state index in [9.17, 15) is 9.59 Å². The van der Waals surface area contributed by atoms with Crippen LogP contribution in [-0.4, -0.2) is 16.7 Å². The minimum Gasteiger partial charge on any atom is -0.324 e. The Kier molecular flexibility index (Phi) is 4.41. The Labute approximate surface area is 115 Å². The number of hydrogen-bond acceptors (Lipinski definition) is 3. The maximum Gasteiger partial charge on any atom is 0.250 e. The first-order valence-corrected chi connectivity index (χ1v) is 7.01. The molecule has 1 aromatic heterocycles. The van der Waals surface area contributed by atoms with E-state index < -0.39 is 0 Å². The number of carbonyl (C=O) groups is 1. The summed E-state index contributed by atoms with van der Waals surface area (Å²) in [6.07, 6.45) is 3.57. The van der Waals surface area contributed by atoms with Gasteiger partial charge in [-0.1, -0.05) is 12.1 Å².